The van der Waals surface area contributed by atoms with Gasteiger partial charge in [-0.3, -0.25) is 9.78 Å². The maximum Gasteiger partial charge on any atom is 0.347 e. The van der Waals surface area contributed by atoms with Gasteiger partial charge in [0.1, 0.15) is 5.69 Å². The van der Waals surface area contributed by atoms with Gasteiger partial charge < -0.3 is 19.8 Å². The average Bonchev–Trinajstić information content (AvgIpc) is 2.41. The molecule has 114 valence electrons. The second-order valence-corrected chi connectivity index (χ2v) is 3.63. The molecular formula is C12H15N3O6. The Bertz CT molecular complexity index is 637. The van der Waals surface area contributed by atoms with Gasteiger partial charge in [0.15, 0.2) is 5.57 Å². The molecule has 0 spiro atoms. The van der Waals surface area contributed by atoms with Crippen molar-refractivity contribution in [1.29, 1.82) is 0 Å². The zero-order valence-electron chi connectivity index (χ0n) is 11.5. The van der Waals surface area contributed by atoms with Crippen molar-refractivity contribution in [3.63, 3.8) is 0 Å². The monoisotopic (exact) mass is 297 g/mol. The van der Waals surface area contributed by atoms with Crippen LogP contribution in [0.2, 0.25) is 0 Å². The molecule has 0 aromatic carbocycles. The number of anilines is 1. The smallest absolute Gasteiger partial charge is 0.347 e. The molecule has 1 heterocycles. The molecule has 1 aromatic rings. The molecule has 9 nitrogen and oxygen atoms in total. The summed E-state index contributed by atoms with van der Waals surface area (Å²) in [6, 6.07) is 0. The SMILES string of the molecule is CCOC(=O)C(=CNc1c[nH]c(=O)[nH]c1=O)C(=O)OCC. The first-order valence-corrected chi connectivity index (χ1v) is 6.12. The highest BCUT2D eigenvalue weighted by atomic mass is 16.6. The van der Waals surface area contributed by atoms with Crippen LogP contribution in [-0.2, 0) is 19.1 Å². The molecule has 0 saturated carbocycles. The van der Waals surface area contributed by atoms with E-state index in [1.165, 1.54) is 0 Å². The summed E-state index contributed by atoms with van der Waals surface area (Å²) in [5.41, 5.74) is -1.84. The largest absolute Gasteiger partial charge is 0.462 e. The van der Waals surface area contributed by atoms with Crippen molar-refractivity contribution in [2.24, 2.45) is 0 Å². The number of rotatable bonds is 6. The lowest BCUT2D eigenvalue weighted by Gasteiger charge is -2.07. The van der Waals surface area contributed by atoms with Crippen molar-refractivity contribution in [2.75, 3.05) is 18.5 Å². The van der Waals surface area contributed by atoms with E-state index in [0.29, 0.717) is 0 Å². The van der Waals surface area contributed by atoms with Crippen molar-refractivity contribution in [2.45, 2.75) is 13.8 Å². The number of nitrogens with one attached hydrogen (secondary N) is 3. The minimum Gasteiger partial charge on any atom is -0.462 e. The van der Waals surface area contributed by atoms with Crippen LogP contribution in [0, 0.1) is 0 Å². The van der Waals surface area contributed by atoms with Gasteiger partial charge in [0, 0.05) is 12.4 Å². The molecule has 0 bridgehead atoms. The third-order valence-corrected chi connectivity index (χ3v) is 2.18. The fourth-order valence-corrected chi connectivity index (χ4v) is 1.29. The van der Waals surface area contributed by atoms with Crippen LogP contribution in [-0.4, -0.2) is 35.1 Å². The number of aromatic nitrogens is 2. The van der Waals surface area contributed by atoms with E-state index in [9.17, 15) is 19.2 Å². The second kappa shape index (κ2) is 7.68. The second-order valence-electron chi connectivity index (χ2n) is 3.63. The Morgan fingerprint density at radius 1 is 1.19 bits per heavy atom. The summed E-state index contributed by atoms with van der Waals surface area (Å²) >= 11 is 0. The Morgan fingerprint density at radius 3 is 2.24 bits per heavy atom. The molecule has 0 aliphatic heterocycles. The Balaban J connectivity index is 3.02. The van der Waals surface area contributed by atoms with Crippen LogP contribution in [0.3, 0.4) is 0 Å². The summed E-state index contributed by atoms with van der Waals surface area (Å²) in [7, 11) is 0. The summed E-state index contributed by atoms with van der Waals surface area (Å²) < 4.78 is 9.43. The van der Waals surface area contributed by atoms with Gasteiger partial charge in [0.25, 0.3) is 5.56 Å². The fraction of sp³-hybridized carbons (Fsp3) is 0.333. The van der Waals surface area contributed by atoms with E-state index in [4.69, 9.17) is 9.47 Å². The highest BCUT2D eigenvalue weighted by Crippen LogP contribution is 2.04. The quantitative estimate of drug-likeness (QED) is 0.279. The molecule has 0 aliphatic carbocycles. The number of hydrogen-bond acceptors (Lipinski definition) is 7. The molecule has 9 heteroatoms. The Hall–Kier alpha value is -2.84. The van der Waals surface area contributed by atoms with Gasteiger partial charge >= 0.3 is 17.6 Å². The van der Waals surface area contributed by atoms with Gasteiger partial charge in [-0.25, -0.2) is 14.4 Å². The maximum absolute atomic E-state index is 11.6. The van der Waals surface area contributed by atoms with E-state index in [2.05, 4.69) is 10.3 Å². The van der Waals surface area contributed by atoms with E-state index < -0.39 is 28.8 Å². The molecule has 21 heavy (non-hydrogen) atoms. The number of H-pyrrole nitrogens is 2. The summed E-state index contributed by atoms with van der Waals surface area (Å²) in [4.78, 5) is 49.8. The molecule has 0 radical (unpaired) electrons. The van der Waals surface area contributed by atoms with E-state index in [0.717, 1.165) is 12.4 Å². The van der Waals surface area contributed by atoms with Gasteiger partial charge in [0.05, 0.1) is 13.2 Å². The summed E-state index contributed by atoms with van der Waals surface area (Å²) in [6.45, 7) is 3.32. The van der Waals surface area contributed by atoms with Crippen LogP contribution in [0.15, 0.2) is 27.6 Å². The zero-order valence-corrected chi connectivity index (χ0v) is 11.5. The average molecular weight is 297 g/mol. The molecular weight excluding hydrogens is 282 g/mol. The van der Waals surface area contributed by atoms with E-state index in [-0.39, 0.29) is 18.9 Å². The molecule has 0 amide bonds. The molecule has 3 N–H and O–H groups in total. The summed E-state index contributed by atoms with van der Waals surface area (Å²) in [6.07, 6.45) is 2.09. The lowest BCUT2D eigenvalue weighted by molar-refractivity contribution is -0.146. The Kier molecular flexibility index (Phi) is 5.93. The van der Waals surface area contributed by atoms with Crippen LogP contribution >= 0.6 is 0 Å². The predicted molar refractivity (Wildman–Crippen MR) is 72.7 cm³/mol. The molecule has 0 fully saturated rings. The Morgan fingerprint density at radius 2 is 1.76 bits per heavy atom. The standard InChI is InChI=1S/C12H15N3O6/c1-3-20-10(17)7(11(18)21-4-2)5-13-8-6-14-12(19)15-9(8)16/h5-6,13H,3-4H2,1-2H3,(H2,14,15,16,19). The first-order valence-electron chi connectivity index (χ1n) is 6.12. The number of ether oxygens (including phenoxy) is 2. The number of hydrogen-bond donors (Lipinski definition) is 3. The first-order chi connectivity index (χ1) is 9.99. The molecule has 0 aliphatic rings. The van der Waals surface area contributed by atoms with Gasteiger partial charge in [-0.2, -0.15) is 0 Å². The lowest BCUT2D eigenvalue weighted by atomic mass is 10.3. The summed E-state index contributed by atoms with van der Waals surface area (Å²) in [5, 5.41) is 2.44. The number of esters is 2. The highest BCUT2D eigenvalue weighted by Gasteiger charge is 2.21. The van der Waals surface area contributed by atoms with Gasteiger partial charge in [-0.05, 0) is 13.8 Å². The van der Waals surface area contributed by atoms with Crippen molar-refractivity contribution < 1.29 is 19.1 Å². The topological polar surface area (TPSA) is 130 Å². The van der Waals surface area contributed by atoms with Crippen molar-refractivity contribution in [1.82, 2.24) is 9.97 Å². The molecule has 0 atom stereocenters. The molecule has 1 aromatic heterocycles. The Labute approximate surface area is 119 Å². The molecule has 0 unspecified atom stereocenters. The van der Waals surface area contributed by atoms with Crippen molar-refractivity contribution in [3.05, 3.63) is 38.8 Å². The third-order valence-electron chi connectivity index (χ3n) is 2.18. The maximum atomic E-state index is 11.6. The third kappa shape index (κ3) is 4.64. The first kappa shape index (κ1) is 16.2. The van der Waals surface area contributed by atoms with E-state index >= 15 is 0 Å². The summed E-state index contributed by atoms with van der Waals surface area (Å²) in [5.74, 6) is -1.77. The van der Waals surface area contributed by atoms with Crippen LogP contribution in [0.4, 0.5) is 5.69 Å². The van der Waals surface area contributed by atoms with E-state index in [1.54, 1.807) is 13.8 Å². The van der Waals surface area contributed by atoms with Gasteiger partial charge in [-0.1, -0.05) is 0 Å². The minimum absolute atomic E-state index is 0.0549. The highest BCUT2D eigenvalue weighted by molar-refractivity contribution is 6.14. The van der Waals surface area contributed by atoms with Gasteiger partial charge in [-0.15, -0.1) is 0 Å². The fourth-order valence-electron chi connectivity index (χ4n) is 1.29. The van der Waals surface area contributed by atoms with Crippen LogP contribution in [0.25, 0.3) is 0 Å². The number of carbonyl (C=O) groups is 2. The predicted octanol–water partition coefficient (Wildman–Crippen LogP) is -0.515. The minimum atomic E-state index is -0.885. The van der Waals surface area contributed by atoms with Gasteiger partial charge in [0.2, 0.25) is 0 Å². The number of aromatic amines is 2. The molecule has 1 rings (SSSR count). The zero-order chi connectivity index (χ0) is 15.8. The normalized spacial score (nSPS) is 9.62. The van der Waals surface area contributed by atoms with Crippen molar-refractivity contribution in [3.8, 4) is 0 Å². The van der Waals surface area contributed by atoms with Crippen molar-refractivity contribution >= 4 is 17.6 Å². The number of carbonyl (C=O) groups excluding carboxylic acids is 2. The lowest BCUT2D eigenvalue weighted by Crippen LogP contribution is -2.24. The van der Waals surface area contributed by atoms with Crippen LogP contribution < -0.4 is 16.6 Å². The van der Waals surface area contributed by atoms with Crippen LogP contribution in [0.1, 0.15) is 13.8 Å². The van der Waals surface area contributed by atoms with Crippen LogP contribution in [0.5, 0.6) is 0 Å². The van der Waals surface area contributed by atoms with E-state index in [1.807, 2.05) is 4.98 Å². The molecule has 0 saturated heterocycles.